The Labute approximate surface area is 164 Å². The predicted octanol–water partition coefficient (Wildman–Crippen LogP) is 2.16. The number of carbonyl (C=O) groups is 2. The number of Topliss-reactive ketones (excluding diaryl/α,β-unsaturated/α-hetero) is 1. The second-order valence-corrected chi connectivity index (χ2v) is 5.58. The van der Waals surface area contributed by atoms with Gasteiger partial charge in [0.05, 0.1) is 52.4 Å². The average molecular weight is 393 g/mol. The van der Waals surface area contributed by atoms with Gasteiger partial charge in [0.25, 0.3) is 0 Å². The summed E-state index contributed by atoms with van der Waals surface area (Å²) in [6.07, 6.45) is 1.20. The van der Waals surface area contributed by atoms with Crippen LogP contribution in [0, 0.1) is 0 Å². The van der Waals surface area contributed by atoms with Crippen molar-refractivity contribution in [3.05, 3.63) is 0 Å². The third kappa shape index (κ3) is 24.8. The van der Waals surface area contributed by atoms with Crippen LogP contribution >= 0.6 is 0 Å². The molecule has 0 saturated carbocycles. The fourth-order valence-electron chi connectivity index (χ4n) is 1.67. The SMILES string of the molecule is CC.CCC(=O)CCOCCOCCNC(=O)NCCOCCOC(C)C. The van der Waals surface area contributed by atoms with Crippen molar-refractivity contribution in [3.8, 4) is 0 Å². The van der Waals surface area contributed by atoms with E-state index in [9.17, 15) is 9.59 Å². The minimum atomic E-state index is -0.250. The molecule has 0 spiro atoms. The van der Waals surface area contributed by atoms with Gasteiger partial charge in [-0.15, -0.1) is 0 Å². The van der Waals surface area contributed by atoms with E-state index in [-0.39, 0.29) is 17.9 Å². The number of hydrogen-bond donors (Lipinski definition) is 2. The summed E-state index contributed by atoms with van der Waals surface area (Å²) in [6.45, 7) is 13.9. The Balaban J connectivity index is 0. The second-order valence-electron chi connectivity index (χ2n) is 5.58. The lowest BCUT2D eigenvalue weighted by Crippen LogP contribution is -2.39. The number of ether oxygens (including phenoxy) is 4. The molecule has 0 radical (unpaired) electrons. The number of rotatable bonds is 17. The molecule has 0 heterocycles. The van der Waals surface area contributed by atoms with Crippen LogP contribution in [0.3, 0.4) is 0 Å². The lowest BCUT2D eigenvalue weighted by molar-refractivity contribution is -0.119. The Kier molecular flexibility index (Phi) is 23.7. The highest BCUT2D eigenvalue weighted by Gasteiger charge is 2.00. The van der Waals surface area contributed by atoms with E-state index in [4.69, 9.17) is 18.9 Å². The van der Waals surface area contributed by atoms with E-state index in [1.54, 1.807) is 0 Å². The molecule has 0 saturated heterocycles. The van der Waals surface area contributed by atoms with Gasteiger partial charge in [-0.3, -0.25) is 4.79 Å². The van der Waals surface area contributed by atoms with Crippen LogP contribution in [0.15, 0.2) is 0 Å². The first kappa shape index (κ1) is 28.0. The second kappa shape index (κ2) is 22.8. The summed E-state index contributed by atoms with van der Waals surface area (Å²) in [6, 6.07) is -0.250. The maximum absolute atomic E-state index is 11.5. The summed E-state index contributed by atoms with van der Waals surface area (Å²) in [5.74, 6) is 0.199. The van der Waals surface area contributed by atoms with Crippen LogP contribution in [-0.2, 0) is 23.7 Å². The monoisotopic (exact) mass is 392 g/mol. The summed E-state index contributed by atoms with van der Waals surface area (Å²) in [5.41, 5.74) is 0. The van der Waals surface area contributed by atoms with Gasteiger partial charge >= 0.3 is 6.03 Å². The molecule has 0 fully saturated rings. The summed E-state index contributed by atoms with van der Waals surface area (Å²) >= 11 is 0. The molecule has 0 aromatic heterocycles. The number of urea groups is 1. The summed E-state index contributed by atoms with van der Waals surface area (Å²) in [4.78, 5) is 22.5. The number of hydrogen-bond acceptors (Lipinski definition) is 6. The van der Waals surface area contributed by atoms with Gasteiger partial charge in [0.1, 0.15) is 5.78 Å². The Morgan fingerprint density at radius 2 is 1.26 bits per heavy atom. The molecule has 0 aliphatic heterocycles. The van der Waals surface area contributed by atoms with Crippen molar-refractivity contribution >= 4 is 11.8 Å². The highest BCUT2D eigenvalue weighted by molar-refractivity contribution is 5.78. The first-order valence-electron chi connectivity index (χ1n) is 9.94. The molecule has 0 rings (SSSR count). The number of nitrogens with one attached hydrogen (secondary N) is 2. The fourth-order valence-corrected chi connectivity index (χ4v) is 1.67. The minimum Gasteiger partial charge on any atom is -0.379 e. The van der Waals surface area contributed by atoms with E-state index in [1.807, 2.05) is 34.6 Å². The topological polar surface area (TPSA) is 95.1 Å². The molecule has 8 nitrogen and oxygen atoms in total. The number of amides is 2. The lowest BCUT2D eigenvalue weighted by Gasteiger charge is -2.10. The Morgan fingerprint density at radius 3 is 1.74 bits per heavy atom. The van der Waals surface area contributed by atoms with Crippen molar-refractivity contribution in [1.29, 1.82) is 0 Å². The first-order chi connectivity index (χ1) is 13.1. The van der Waals surface area contributed by atoms with Gasteiger partial charge in [0.15, 0.2) is 0 Å². The minimum absolute atomic E-state index is 0.199. The maximum atomic E-state index is 11.5. The molecule has 0 aromatic carbocycles. The largest absolute Gasteiger partial charge is 0.379 e. The van der Waals surface area contributed by atoms with E-state index in [0.29, 0.717) is 72.2 Å². The van der Waals surface area contributed by atoms with Crippen LogP contribution < -0.4 is 10.6 Å². The molecule has 0 aliphatic rings. The van der Waals surface area contributed by atoms with Gasteiger partial charge < -0.3 is 29.6 Å². The Hall–Kier alpha value is -1.22. The number of ketones is 1. The molecule has 0 atom stereocenters. The van der Waals surface area contributed by atoms with Crippen molar-refractivity contribution in [3.63, 3.8) is 0 Å². The molecule has 2 N–H and O–H groups in total. The highest BCUT2D eigenvalue weighted by Crippen LogP contribution is 1.90. The zero-order valence-electron chi connectivity index (χ0n) is 17.8. The molecule has 0 aromatic rings. The van der Waals surface area contributed by atoms with E-state index in [1.165, 1.54) is 0 Å². The summed E-state index contributed by atoms with van der Waals surface area (Å²) < 4.78 is 21.2. The zero-order chi connectivity index (χ0) is 20.8. The van der Waals surface area contributed by atoms with Gasteiger partial charge in [-0.2, -0.15) is 0 Å². The zero-order valence-corrected chi connectivity index (χ0v) is 17.8. The summed E-state index contributed by atoms with van der Waals surface area (Å²) in [7, 11) is 0. The average Bonchev–Trinajstić information content (AvgIpc) is 2.67. The van der Waals surface area contributed by atoms with Gasteiger partial charge in [0, 0.05) is 25.9 Å². The molecule has 162 valence electrons. The van der Waals surface area contributed by atoms with E-state index in [0.717, 1.165) is 0 Å². The normalized spacial score (nSPS) is 10.3. The molecular formula is C19H40N2O6. The van der Waals surface area contributed by atoms with Crippen LogP contribution in [-0.4, -0.2) is 77.3 Å². The van der Waals surface area contributed by atoms with Crippen LogP contribution in [0.4, 0.5) is 4.79 Å². The van der Waals surface area contributed by atoms with Crippen LogP contribution in [0.5, 0.6) is 0 Å². The van der Waals surface area contributed by atoms with Crippen molar-refractivity contribution in [2.75, 3.05) is 59.3 Å². The Morgan fingerprint density at radius 1 is 0.778 bits per heavy atom. The quantitative estimate of drug-likeness (QED) is 0.368. The molecule has 0 bridgehead atoms. The molecule has 8 heteroatoms. The molecule has 0 unspecified atom stereocenters. The predicted molar refractivity (Wildman–Crippen MR) is 106 cm³/mol. The summed E-state index contributed by atoms with van der Waals surface area (Å²) in [5, 5.41) is 5.37. The van der Waals surface area contributed by atoms with Gasteiger partial charge in [-0.1, -0.05) is 20.8 Å². The standard InChI is InChI=1S/C17H34N2O6.C2H6/c1-4-16(20)5-8-22-11-12-23-9-6-18-17(21)19-7-10-24-13-14-25-15(2)3;1-2/h15H,4-14H2,1-3H3,(H2,18,19,21);1-2H3. The van der Waals surface area contributed by atoms with Gasteiger partial charge in [-0.25, -0.2) is 4.79 Å². The van der Waals surface area contributed by atoms with Crippen LogP contribution in [0.25, 0.3) is 0 Å². The van der Waals surface area contributed by atoms with E-state index < -0.39 is 0 Å². The fraction of sp³-hybridized carbons (Fsp3) is 0.895. The maximum Gasteiger partial charge on any atom is 0.314 e. The van der Waals surface area contributed by atoms with Crippen LogP contribution in [0.1, 0.15) is 47.5 Å². The van der Waals surface area contributed by atoms with Crippen molar-refractivity contribution in [2.45, 2.75) is 53.6 Å². The van der Waals surface area contributed by atoms with E-state index in [2.05, 4.69) is 10.6 Å². The van der Waals surface area contributed by atoms with Crippen LogP contribution in [0.2, 0.25) is 0 Å². The smallest absolute Gasteiger partial charge is 0.314 e. The third-order valence-electron chi connectivity index (χ3n) is 3.03. The highest BCUT2D eigenvalue weighted by atomic mass is 16.5. The molecule has 0 aliphatic carbocycles. The van der Waals surface area contributed by atoms with E-state index >= 15 is 0 Å². The first-order valence-corrected chi connectivity index (χ1v) is 9.94. The van der Waals surface area contributed by atoms with Crippen molar-refractivity contribution in [1.82, 2.24) is 10.6 Å². The molecular weight excluding hydrogens is 352 g/mol. The molecule has 27 heavy (non-hydrogen) atoms. The molecule has 2 amide bonds. The number of carbonyl (C=O) groups excluding carboxylic acids is 2. The van der Waals surface area contributed by atoms with Crippen molar-refractivity contribution in [2.24, 2.45) is 0 Å². The van der Waals surface area contributed by atoms with Crippen molar-refractivity contribution < 1.29 is 28.5 Å². The third-order valence-corrected chi connectivity index (χ3v) is 3.03. The Bertz CT molecular complexity index is 340. The van der Waals surface area contributed by atoms with Gasteiger partial charge in [0.2, 0.25) is 0 Å². The van der Waals surface area contributed by atoms with Gasteiger partial charge in [-0.05, 0) is 13.8 Å². The lowest BCUT2D eigenvalue weighted by atomic mass is 10.2.